The van der Waals surface area contributed by atoms with Crippen molar-refractivity contribution in [1.29, 1.82) is 0 Å². The fourth-order valence-corrected chi connectivity index (χ4v) is 21.5. The Balaban J connectivity index is 0.000000106. The van der Waals surface area contributed by atoms with Crippen LogP contribution in [0.25, 0.3) is 251 Å². The van der Waals surface area contributed by atoms with Crippen LogP contribution in [-0.2, 0) is 12.8 Å². The number of hydrogen-bond acceptors (Lipinski definition) is 0. The summed E-state index contributed by atoms with van der Waals surface area (Å²) in [5, 5.41) is 38.4. The number of rotatable bonds is 8. The van der Waals surface area contributed by atoms with Crippen LogP contribution in [0, 0.1) is 0 Å². The Bertz CT molecular complexity index is 8970. The molecule has 27 rings (SSSR count). The quantitative estimate of drug-likeness (QED) is 0.133. The summed E-state index contributed by atoms with van der Waals surface area (Å²) in [5.41, 5.74) is 23.5. The molecule has 0 heteroatoms. The van der Waals surface area contributed by atoms with E-state index in [0.717, 1.165) is 0 Å². The van der Waals surface area contributed by atoms with Crippen molar-refractivity contribution in [2.45, 2.75) is 25.7 Å². The van der Waals surface area contributed by atoms with E-state index in [0.29, 0.717) is 0 Å². The lowest BCUT2D eigenvalue weighted by atomic mass is 9.81. The van der Waals surface area contributed by atoms with Crippen LogP contribution in [0.4, 0.5) is 0 Å². The van der Waals surface area contributed by atoms with Crippen LogP contribution in [0.3, 0.4) is 0 Å². The number of fused-ring (bicyclic) bond motifs is 16. The molecule has 0 spiro atoms. The summed E-state index contributed by atoms with van der Waals surface area (Å²) >= 11 is 0. The zero-order valence-corrected chi connectivity index (χ0v) is 71.9. The van der Waals surface area contributed by atoms with Crippen LogP contribution >= 0.6 is 0 Å². The van der Waals surface area contributed by atoms with Crippen LogP contribution < -0.4 is 0 Å². The molecular weight excluding hydrogens is 1560 g/mol. The zero-order valence-electron chi connectivity index (χ0n) is 71.9. The van der Waals surface area contributed by atoms with Crippen LogP contribution in [0.5, 0.6) is 0 Å². The number of hydrogen-bond donors (Lipinski definition) is 0. The molecule has 130 heavy (non-hydrogen) atoms. The molecule has 26 aromatic rings. The van der Waals surface area contributed by atoms with Gasteiger partial charge in [0.2, 0.25) is 0 Å². The van der Waals surface area contributed by atoms with Crippen molar-refractivity contribution in [1.82, 2.24) is 0 Å². The first-order chi connectivity index (χ1) is 64.4. The zero-order chi connectivity index (χ0) is 85.7. The summed E-state index contributed by atoms with van der Waals surface area (Å²) in [6, 6.07) is 175. The van der Waals surface area contributed by atoms with Crippen molar-refractivity contribution >= 4 is 162 Å². The van der Waals surface area contributed by atoms with Crippen molar-refractivity contribution in [3.05, 3.63) is 484 Å². The van der Waals surface area contributed by atoms with Crippen LogP contribution in [-0.4, -0.2) is 0 Å². The molecule has 0 radical (unpaired) electrons. The van der Waals surface area contributed by atoms with Gasteiger partial charge in [-0.25, -0.2) is 0 Å². The average molecular weight is 1650 g/mol. The minimum Gasteiger partial charge on any atom is -0.0622 e. The van der Waals surface area contributed by atoms with E-state index < -0.39 is 0 Å². The Morgan fingerprint density at radius 1 is 0.100 bits per heavy atom. The average Bonchev–Trinajstić information content (AvgIpc) is 0.726. The van der Waals surface area contributed by atoms with Gasteiger partial charge in [0.15, 0.2) is 0 Å². The van der Waals surface area contributed by atoms with Crippen LogP contribution in [0.1, 0.15) is 24.0 Å². The van der Waals surface area contributed by atoms with E-state index in [-0.39, 0.29) is 0 Å². The molecule has 0 amide bonds. The van der Waals surface area contributed by atoms with E-state index in [4.69, 9.17) is 0 Å². The predicted molar refractivity (Wildman–Crippen MR) is 562 cm³/mol. The highest BCUT2D eigenvalue weighted by Crippen LogP contribution is 2.51. The SMILES string of the molecule is c1ccc(-c2ccc3cc4c(-c5ccc6ccccc6c5)c5ccccc5c(-c5ccc6ccccc6c5)c4cc3c2)cc1.c1ccc2cc(-c3c4ccccc4c(-c4ccc5ccccc5c4)c4cc5c(cc34)CCCC5)ccc2c1.c1ccc2cc(-c3ccc4cc5c(-c6ccc7ccccc7c6)c6ccccc6c(-c6ccc7ccccc7c6)c5cc4c3)ccc2c1. The molecule has 1 aliphatic rings. The Morgan fingerprint density at radius 2 is 0.269 bits per heavy atom. The normalized spacial score (nSPS) is 12.2. The topological polar surface area (TPSA) is 0 Å². The van der Waals surface area contributed by atoms with Gasteiger partial charge in [-0.2, -0.15) is 0 Å². The molecule has 0 saturated heterocycles. The predicted octanol–water partition coefficient (Wildman–Crippen LogP) is 36.6. The summed E-state index contributed by atoms with van der Waals surface area (Å²) in [5.74, 6) is 0. The molecule has 0 fully saturated rings. The molecule has 0 saturated carbocycles. The summed E-state index contributed by atoms with van der Waals surface area (Å²) < 4.78 is 0. The van der Waals surface area contributed by atoms with E-state index in [1.807, 2.05) is 0 Å². The van der Waals surface area contributed by atoms with Crippen molar-refractivity contribution in [2.75, 3.05) is 0 Å². The summed E-state index contributed by atoms with van der Waals surface area (Å²) in [6.45, 7) is 0. The highest BCUT2D eigenvalue weighted by atomic mass is 14.3. The largest absolute Gasteiger partial charge is 0.0622 e. The maximum absolute atomic E-state index is 2.53. The molecule has 0 unspecified atom stereocenters. The summed E-state index contributed by atoms with van der Waals surface area (Å²) in [4.78, 5) is 0. The third-order valence-corrected chi connectivity index (χ3v) is 27.9. The molecule has 606 valence electrons. The molecule has 0 aliphatic heterocycles. The second kappa shape index (κ2) is 31.9. The lowest BCUT2D eigenvalue weighted by Gasteiger charge is -2.22. The van der Waals surface area contributed by atoms with Crippen molar-refractivity contribution in [3.8, 4) is 89.0 Å². The second-order valence-electron chi connectivity index (χ2n) is 35.5. The Morgan fingerprint density at radius 3 is 0.523 bits per heavy atom. The van der Waals surface area contributed by atoms with Gasteiger partial charge in [-0.05, 0) is 366 Å². The second-order valence-corrected chi connectivity index (χ2v) is 35.5. The molecule has 0 nitrogen and oxygen atoms in total. The first kappa shape index (κ1) is 76.1. The van der Waals surface area contributed by atoms with Gasteiger partial charge in [0, 0.05) is 0 Å². The number of aryl methyl sites for hydroxylation is 2. The van der Waals surface area contributed by atoms with E-state index in [9.17, 15) is 0 Å². The minimum atomic E-state index is 1.18. The molecule has 0 atom stereocenters. The first-order valence-electron chi connectivity index (χ1n) is 45.7. The van der Waals surface area contributed by atoms with Crippen LogP contribution in [0.2, 0.25) is 0 Å². The molecule has 26 aromatic carbocycles. The molecule has 0 aromatic heterocycles. The van der Waals surface area contributed by atoms with E-state index >= 15 is 0 Å². The van der Waals surface area contributed by atoms with Gasteiger partial charge in [-0.3, -0.25) is 0 Å². The Hall–Kier alpha value is -16.4. The van der Waals surface area contributed by atoms with E-state index in [1.165, 1.54) is 287 Å². The standard InChI is InChI=1S/C48H30.C44H28.C38H28/c1-4-12-34-25-37(20-17-31(34)9-1)38-21-22-39-29-45-46(30-42(39)28-38)48(41-24-19-33-11-3-6-14-36(33)27-41)44-16-8-7-15-43(44)47(45)40-23-18-32-10-2-5-13-35(32)26-40;1-2-10-29(11-3-1)34-20-21-35-27-41-42(28-38(35)26-34)44(37-23-19-31-13-5-7-15-33(31)25-37)40-17-9-8-16-39(40)43(41)36-22-18-30-12-4-6-14-32(30)24-36;1-3-11-27-21-31(19-17-25(27)9-1)37-33-15-7-8-16-34(33)38(32-20-18-26-10-2-4-12-28(26)22-32)36-24-30-14-6-5-13-29(30)23-35(36)37/h1-30H;1-28H;1-4,7-12,15-24H,5-6,13-14H2. The smallest absolute Gasteiger partial charge is 0.00259 e. The van der Waals surface area contributed by atoms with Crippen molar-refractivity contribution in [2.24, 2.45) is 0 Å². The minimum absolute atomic E-state index is 1.18. The van der Waals surface area contributed by atoms with Gasteiger partial charge in [-0.15, -0.1) is 0 Å². The third kappa shape index (κ3) is 13.5. The highest BCUT2D eigenvalue weighted by Gasteiger charge is 2.25. The Kier molecular flexibility index (Phi) is 18.7. The van der Waals surface area contributed by atoms with Crippen LogP contribution in [0.15, 0.2) is 473 Å². The fourth-order valence-electron chi connectivity index (χ4n) is 21.5. The third-order valence-electron chi connectivity index (χ3n) is 27.9. The van der Waals surface area contributed by atoms with Crippen molar-refractivity contribution < 1.29 is 0 Å². The van der Waals surface area contributed by atoms with Gasteiger partial charge < -0.3 is 0 Å². The fraction of sp³-hybridized carbons (Fsp3) is 0.0308. The van der Waals surface area contributed by atoms with Crippen molar-refractivity contribution in [3.63, 3.8) is 0 Å². The number of benzene rings is 26. The van der Waals surface area contributed by atoms with Gasteiger partial charge >= 0.3 is 0 Å². The maximum atomic E-state index is 2.53. The summed E-state index contributed by atoms with van der Waals surface area (Å²) in [7, 11) is 0. The highest BCUT2D eigenvalue weighted by molar-refractivity contribution is 6.28. The molecule has 0 bridgehead atoms. The van der Waals surface area contributed by atoms with Gasteiger partial charge in [0.05, 0.1) is 0 Å². The van der Waals surface area contributed by atoms with E-state index in [2.05, 4.69) is 473 Å². The Labute approximate surface area is 755 Å². The lowest BCUT2D eigenvalue weighted by Crippen LogP contribution is -2.03. The lowest BCUT2D eigenvalue weighted by molar-refractivity contribution is 0.687. The van der Waals surface area contributed by atoms with Gasteiger partial charge in [0.25, 0.3) is 0 Å². The summed E-state index contributed by atoms with van der Waals surface area (Å²) in [6.07, 6.45) is 4.94. The molecular formula is C130H86. The molecule has 0 N–H and O–H groups in total. The first-order valence-corrected chi connectivity index (χ1v) is 45.7. The van der Waals surface area contributed by atoms with E-state index in [1.54, 1.807) is 0 Å². The molecule has 1 aliphatic carbocycles. The molecule has 0 heterocycles. The van der Waals surface area contributed by atoms with Gasteiger partial charge in [0.1, 0.15) is 0 Å². The monoisotopic (exact) mass is 1650 g/mol. The van der Waals surface area contributed by atoms with Gasteiger partial charge in [-0.1, -0.05) is 394 Å². The maximum Gasteiger partial charge on any atom is -0.00259 e.